The van der Waals surface area contributed by atoms with Crippen LogP contribution in [0.2, 0.25) is 0 Å². The predicted molar refractivity (Wildman–Crippen MR) is 89.7 cm³/mol. The summed E-state index contributed by atoms with van der Waals surface area (Å²) in [5.74, 6) is 2.25. The fourth-order valence-electron chi connectivity index (χ4n) is 1.92. The maximum atomic E-state index is 5.92. The lowest BCUT2D eigenvalue weighted by Gasteiger charge is -2.10. The van der Waals surface area contributed by atoms with Gasteiger partial charge in [-0.1, -0.05) is 19.9 Å². The molecule has 2 rings (SSSR count). The van der Waals surface area contributed by atoms with Gasteiger partial charge < -0.3 is 10.1 Å². The molecule has 0 unspecified atom stereocenters. The lowest BCUT2D eigenvalue weighted by Crippen LogP contribution is -2.19. The van der Waals surface area contributed by atoms with Gasteiger partial charge in [-0.25, -0.2) is 0 Å². The molecule has 0 saturated carbocycles. The molecule has 4 heteroatoms. The number of aryl methyl sites for hydroxylation is 1. The van der Waals surface area contributed by atoms with Gasteiger partial charge in [-0.2, -0.15) is 0 Å². The molecule has 21 heavy (non-hydrogen) atoms. The third-order valence-corrected chi connectivity index (χ3v) is 3.58. The lowest BCUT2D eigenvalue weighted by molar-refractivity contribution is 0.476. The highest BCUT2D eigenvalue weighted by molar-refractivity contribution is 9.10. The molecule has 1 heterocycles. The van der Waals surface area contributed by atoms with Crippen LogP contribution < -0.4 is 10.1 Å². The number of halogens is 1. The van der Waals surface area contributed by atoms with Crippen LogP contribution in [0.15, 0.2) is 41.0 Å². The molecule has 0 saturated heterocycles. The first kappa shape index (κ1) is 16.0. The summed E-state index contributed by atoms with van der Waals surface area (Å²) in [5.41, 5.74) is 2.18. The van der Waals surface area contributed by atoms with E-state index in [1.807, 2.05) is 30.3 Å². The Balaban J connectivity index is 2.03. The number of hydrogen-bond acceptors (Lipinski definition) is 3. The van der Waals surface area contributed by atoms with Crippen LogP contribution in [0.5, 0.6) is 11.5 Å². The molecule has 1 aromatic carbocycles. The van der Waals surface area contributed by atoms with Crippen molar-refractivity contribution in [1.29, 1.82) is 0 Å². The first-order valence-corrected chi connectivity index (χ1v) is 7.93. The van der Waals surface area contributed by atoms with Gasteiger partial charge in [0.15, 0.2) is 0 Å². The number of nitrogens with zero attached hydrogens (tertiary/aromatic N) is 1. The molecule has 0 aliphatic heterocycles. The number of nitrogens with one attached hydrogen (secondary N) is 1. The van der Waals surface area contributed by atoms with Gasteiger partial charge in [-0.15, -0.1) is 0 Å². The molecular weight excluding hydrogens is 328 g/mol. The van der Waals surface area contributed by atoms with Crippen LogP contribution >= 0.6 is 15.9 Å². The molecular formula is C17H21BrN2O. The summed E-state index contributed by atoms with van der Waals surface area (Å²) in [6.45, 7) is 8.17. The van der Waals surface area contributed by atoms with Crippen LogP contribution in [0.3, 0.4) is 0 Å². The minimum Gasteiger partial charge on any atom is -0.456 e. The van der Waals surface area contributed by atoms with Crippen molar-refractivity contribution in [2.24, 2.45) is 5.92 Å². The summed E-state index contributed by atoms with van der Waals surface area (Å²) in [5, 5.41) is 3.38. The molecule has 0 amide bonds. The van der Waals surface area contributed by atoms with Crippen LogP contribution in [0.1, 0.15) is 25.1 Å². The van der Waals surface area contributed by atoms with Crippen molar-refractivity contribution >= 4 is 15.9 Å². The standard InChI is InChI=1S/C17H21BrN2O/c1-12(2)10-19-11-14-9-15(6-7-20-14)21-17-5-4-13(3)8-16(17)18/h4-9,12,19H,10-11H2,1-3H3. The molecule has 0 bridgehead atoms. The highest BCUT2D eigenvalue weighted by atomic mass is 79.9. The highest BCUT2D eigenvalue weighted by Crippen LogP contribution is 2.30. The Hall–Kier alpha value is -1.39. The van der Waals surface area contributed by atoms with Crippen molar-refractivity contribution in [1.82, 2.24) is 10.3 Å². The van der Waals surface area contributed by atoms with E-state index in [1.54, 1.807) is 6.20 Å². The monoisotopic (exact) mass is 348 g/mol. The van der Waals surface area contributed by atoms with Gasteiger partial charge in [-0.05, 0) is 59.1 Å². The predicted octanol–water partition coefficient (Wildman–Crippen LogP) is 4.69. The maximum absolute atomic E-state index is 5.92. The normalized spacial score (nSPS) is 10.9. The molecule has 2 aromatic rings. The van der Waals surface area contributed by atoms with Crippen LogP contribution in [0.25, 0.3) is 0 Å². The average Bonchev–Trinajstić information content (AvgIpc) is 2.42. The summed E-state index contributed by atoms with van der Waals surface area (Å²) in [4.78, 5) is 4.36. The van der Waals surface area contributed by atoms with E-state index in [0.29, 0.717) is 5.92 Å². The van der Waals surface area contributed by atoms with Crippen molar-refractivity contribution in [2.75, 3.05) is 6.54 Å². The quantitative estimate of drug-likeness (QED) is 0.822. The topological polar surface area (TPSA) is 34.1 Å². The van der Waals surface area contributed by atoms with E-state index in [2.05, 4.69) is 47.0 Å². The van der Waals surface area contributed by atoms with Crippen molar-refractivity contribution < 1.29 is 4.74 Å². The Labute approximate surface area is 134 Å². The van der Waals surface area contributed by atoms with Gasteiger partial charge in [0.2, 0.25) is 0 Å². The summed E-state index contributed by atoms with van der Waals surface area (Å²) in [6, 6.07) is 9.89. The minimum atomic E-state index is 0.632. The first-order valence-electron chi connectivity index (χ1n) is 7.14. The van der Waals surface area contributed by atoms with Gasteiger partial charge >= 0.3 is 0 Å². The van der Waals surface area contributed by atoms with E-state index in [1.165, 1.54) is 5.56 Å². The van der Waals surface area contributed by atoms with Gasteiger partial charge in [0, 0.05) is 18.8 Å². The van der Waals surface area contributed by atoms with Crippen LogP contribution in [-0.2, 0) is 6.54 Å². The van der Waals surface area contributed by atoms with Crippen LogP contribution in [0.4, 0.5) is 0 Å². The Morgan fingerprint density at radius 2 is 2.05 bits per heavy atom. The molecule has 0 atom stereocenters. The molecule has 0 aliphatic carbocycles. The second-order valence-electron chi connectivity index (χ2n) is 5.54. The zero-order valence-corrected chi connectivity index (χ0v) is 14.3. The first-order chi connectivity index (χ1) is 10.0. The number of ether oxygens (including phenoxy) is 1. The van der Waals surface area contributed by atoms with E-state index in [4.69, 9.17) is 4.74 Å². The highest BCUT2D eigenvalue weighted by Gasteiger charge is 2.04. The Kier molecular flexibility index (Phi) is 5.76. The number of benzene rings is 1. The second-order valence-corrected chi connectivity index (χ2v) is 6.40. The zero-order valence-electron chi connectivity index (χ0n) is 12.7. The third kappa shape index (κ3) is 5.14. The van der Waals surface area contributed by atoms with Gasteiger partial charge in [0.25, 0.3) is 0 Å². The molecule has 112 valence electrons. The minimum absolute atomic E-state index is 0.632. The largest absolute Gasteiger partial charge is 0.456 e. The van der Waals surface area contributed by atoms with Gasteiger partial charge in [0.1, 0.15) is 11.5 Å². The molecule has 3 nitrogen and oxygen atoms in total. The van der Waals surface area contributed by atoms with Crippen LogP contribution in [0, 0.1) is 12.8 Å². The van der Waals surface area contributed by atoms with Crippen LogP contribution in [-0.4, -0.2) is 11.5 Å². The SMILES string of the molecule is Cc1ccc(Oc2ccnc(CNCC(C)C)c2)c(Br)c1. The Bertz CT molecular complexity index is 599. The van der Waals surface area contributed by atoms with E-state index in [9.17, 15) is 0 Å². The second kappa shape index (κ2) is 7.57. The number of rotatable bonds is 6. The molecule has 0 fully saturated rings. The van der Waals surface area contributed by atoms with E-state index < -0.39 is 0 Å². The average molecular weight is 349 g/mol. The Morgan fingerprint density at radius 3 is 2.76 bits per heavy atom. The van der Waals surface area contributed by atoms with E-state index >= 15 is 0 Å². The maximum Gasteiger partial charge on any atom is 0.141 e. The lowest BCUT2D eigenvalue weighted by atomic mass is 10.2. The summed E-state index contributed by atoms with van der Waals surface area (Å²) in [7, 11) is 0. The van der Waals surface area contributed by atoms with Gasteiger partial charge in [-0.3, -0.25) is 4.98 Å². The smallest absolute Gasteiger partial charge is 0.141 e. The van der Waals surface area contributed by atoms with E-state index in [0.717, 1.165) is 34.8 Å². The molecule has 0 radical (unpaired) electrons. The van der Waals surface area contributed by atoms with Gasteiger partial charge in [0.05, 0.1) is 10.2 Å². The fraction of sp³-hybridized carbons (Fsp3) is 0.353. The fourth-order valence-corrected chi connectivity index (χ4v) is 2.49. The molecule has 1 aromatic heterocycles. The van der Waals surface area contributed by atoms with Crippen molar-refractivity contribution in [3.8, 4) is 11.5 Å². The molecule has 1 N–H and O–H groups in total. The summed E-state index contributed by atoms with van der Waals surface area (Å²) < 4.78 is 6.87. The van der Waals surface area contributed by atoms with Crippen molar-refractivity contribution in [3.63, 3.8) is 0 Å². The van der Waals surface area contributed by atoms with E-state index in [-0.39, 0.29) is 0 Å². The Morgan fingerprint density at radius 1 is 1.24 bits per heavy atom. The number of hydrogen-bond donors (Lipinski definition) is 1. The van der Waals surface area contributed by atoms with Crippen molar-refractivity contribution in [2.45, 2.75) is 27.3 Å². The molecule has 0 spiro atoms. The number of pyridine rings is 1. The summed E-state index contributed by atoms with van der Waals surface area (Å²) >= 11 is 3.53. The third-order valence-electron chi connectivity index (χ3n) is 2.96. The molecule has 0 aliphatic rings. The summed E-state index contributed by atoms with van der Waals surface area (Å²) in [6.07, 6.45) is 1.78. The zero-order chi connectivity index (χ0) is 15.2. The van der Waals surface area contributed by atoms with Crippen molar-refractivity contribution in [3.05, 3.63) is 52.3 Å². The number of aromatic nitrogens is 1.